The molecule has 3 unspecified atom stereocenters. The molecule has 0 amide bonds. The zero-order chi connectivity index (χ0) is 14.3. The van der Waals surface area contributed by atoms with Gasteiger partial charge in [0.05, 0.1) is 5.92 Å². The molecule has 0 aromatic rings. The van der Waals surface area contributed by atoms with Crippen LogP contribution in [0.25, 0.3) is 0 Å². The van der Waals surface area contributed by atoms with Gasteiger partial charge in [-0.25, -0.2) is 0 Å². The molecule has 7 heteroatoms. The van der Waals surface area contributed by atoms with Crippen LogP contribution in [0.15, 0.2) is 0 Å². The van der Waals surface area contributed by atoms with Crippen LogP contribution >= 0.6 is 7.37 Å². The van der Waals surface area contributed by atoms with Crippen LogP contribution in [0.2, 0.25) is 0 Å². The topological polar surface area (TPSA) is 112 Å². The maximum absolute atomic E-state index is 12.0. The minimum atomic E-state index is -3.54. The van der Waals surface area contributed by atoms with Crippen LogP contribution in [0.3, 0.4) is 0 Å². The van der Waals surface area contributed by atoms with Crippen molar-refractivity contribution in [2.45, 2.75) is 45.2 Å². The number of unbranched alkanes of at least 4 members (excludes halogenated alkanes) is 1. The Bertz CT molecular complexity index is 340. The van der Waals surface area contributed by atoms with E-state index in [1.54, 1.807) is 0 Å². The van der Waals surface area contributed by atoms with E-state index in [-0.39, 0.29) is 19.0 Å². The van der Waals surface area contributed by atoms with Crippen LogP contribution in [0.4, 0.5) is 0 Å². The highest BCUT2D eigenvalue weighted by atomic mass is 31.2. The molecular formula is C11H21O6P. The molecule has 0 aromatic carbocycles. The molecule has 18 heavy (non-hydrogen) atoms. The van der Waals surface area contributed by atoms with E-state index in [1.165, 1.54) is 6.92 Å². The van der Waals surface area contributed by atoms with E-state index in [0.29, 0.717) is 6.42 Å². The molecule has 0 saturated heterocycles. The highest BCUT2D eigenvalue weighted by molar-refractivity contribution is 7.58. The van der Waals surface area contributed by atoms with Gasteiger partial charge >= 0.3 is 11.9 Å². The van der Waals surface area contributed by atoms with E-state index in [9.17, 15) is 19.0 Å². The quantitative estimate of drug-likeness (QED) is 0.557. The largest absolute Gasteiger partial charge is 0.481 e. The third kappa shape index (κ3) is 5.65. The van der Waals surface area contributed by atoms with Gasteiger partial charge in [0, 0.05) is 18.2 Å². The summed E-state index contributed by atoms with van der Waals surface area (Å²) >= 11 is 0. The maximum Gasteiger partial charge on any atom is 0.307 e. The molecule has 0 spiro atoms. The first kappa shape index (κ1) is 17.1. The number of carbonyl (C=O) groups is 2. The third-order valence-electron chi connectivity index (χ3n) is 3.04. The molecule has 106 valence electrons. The first-order valence-corrected chi connectivity index (χ1v) is 7.89. The molecule has 0 fully saturated rings. The molecule has 0 aromatic heterocycles. The zero-order valence-corrected chi connectivity index (χ0v) is 11.6. The molecule has 0 rings (SSSR count). The van der Waals surface area contributed by atoms with E-state index in [4.69, 9.17) is 10.2 Å². The lowest BCUT2D eigenvalue weighted by molar-refractivity contribution is -0.142. The summed E-state index contributed by atoms with van der Waals surface area (Å²) in [6.45, 7) is 3.29. The van der Waals surface area contributed by atoms with Crippen molar-refractivity contribution in [3.63, 3.8) is 0 Å². The average molecular weight is 280 g/mol. The van der Waals surface area contributed by atoms with Crippen LogP contribution in [0, 0.1) is 5.92 Å². The van der Waals surface area contributed by atoms with E-state index in [0.717, 1.165) is 6.42 Å². The molecule has 3 atom stereocenters. The summed E-state index contributed by atoms with van der Waals surface area (Å²) in [6, 6.07) is 0. The van der Waals surface area contributed by atoms with Crippen molar-refractivity contribution < 1.29 is 29.3 Å². The minimum Gasteiger partial charge on any atom is -0.481 e. The van der Waals surface area contributed by atoms with Crippen LogP contribution < -0.4 is 0 Å². The number of carboxylic acid groups (broad SMARTS) is 2. The van der Waals surface area contributed by atoms with Gasteiger partial charge in [-0.3, -0.25) is 14.2 Å². The lowest BCUT2D eigenvalue weighted by atomic mass is 10.0. The van der Waals surface area contributed by atoms with Gasteiger partial charge in [0.15, 0.2) is 0 Å². The lowest BCUT2D eigenvalue weighted by Gasteiger charge is -2.24. The van der Waals surface area contributed by atoms with Crippen LogP contribution in [-0.4, -0.2) is 38.9 Å². The van der Waals surface area contributed by atoms with E-state index < -0.39 is 30.9 Å². The van der Waals surface area contributed by atoms with Crippen molar-refractivity contribution in [2.24, 2.45) is 5.92 Å². The number of hydrogen-bond acceptors (Lipinski definition) is 3. The highest BCUT2D eigenvalue weighted by Crippen LogP contribution is 2.50. The smallest absolute Gasteiger partial charge is 0.307 e. The van der Waals surface area contributed by atoms with E-state index >= 15 is 0 Å². The Morgan fingerprint density at radius 2 is 1.83 bits per heavy atom. The molecule has 6 nitrogen and oxygen atoms in total. The Balaban J connectivity index is 4.73. The Kier molecular flexibility index (Phi) is 7.18. The SMILES string of the molecule is CCCCP(=O)(O)C(C)C(CCC(=O)O)C(=O)O. The van der Waals surface area contributed by atoms with Gasteiger partial charge < -0.3 is 15.1 Å². The molecule has 0 saturated carbocycles. The van der Waals surface area contributed by atoms with Gasteiger partial charge in [0.2, 0.25) is 7.37 Å². The van der Waals surface area contributed by atoms with Crippen LogP contribution in [0.5, 0.6) is 0 Å². The monoisotopic (exact) mass is 280 g/mol. The fourth-order valence-corrected chi connectivity index (χ4v) is 3.74. The Labute approximate surface area is 106 Å². The second-order valence-electron chi connectivity index (χ2n) is 4.45. The van der Waals surface area contributed by atoms with Gasteiger partial charge in [-0.15, -0.1) is 0 Å². The normalized spacial score (nSPS) is 17.7. The third-order valence-corrected chi connectivity index (χ3v) is 5.63. The summed E-state index contributed by atoms with van der Waals surface area (Å²) < 4.78 is 12.0. The summed E-state index contributed by atoms with van der Waals surface area (Å²) in [4.78, 5) is 31.3. The summed E-state index contributed by atoms with van der Waals surface area (Å²) in [5.41, 5.74) is -0.916. The van der Waals surface area contributed by atoms with Crippen LogP contribution in [-0.2, 0) is 14.2 Å². The first-order valence-electron chi connectivity index (χ1n) is 5.98. The second kappa shape index (κ2) is 7.54. The molecule has 0 bridgehead atoms. The molecule has 0 heterocycles. The number of aliphatic carboxylic acids is 2. The van der Waals surface area contributed by atoms with Gasteiger partial charge in [-0.05, 0) is 12.8 Å². The van der Waals surface area contributed by atoms with Gasteiger partial charge in [-0.1, -0.05) is 20.3 Å². The standard InChI is InChI=1S/C11H21O6P/c1-3-4-7-18(16,17)8(2)9(11(14)15)5-6-10(12)13/h8-9H,3-7H2,1-2H3,(H,12,13)(H,14,15)(H,16,17). The lowest BCUT2D eigenvalue weighted by Crippen LogP contribution is -2.27. The Morgan fingerprint density at radius 1 is 1.28 bits per heavy atom. The summed E-state index contributed by atoms with van der Waals surface area (Å²) in [5.74, 6) is -3.40. The van der Waals surface area contributed by atoms with Crippen molar-refractivity contribution in [3.05, 3.63) is 0 Å². The van der Waals surface area contributed by atoms with Crippen molar-refractivity contribution in [1.29, 1.82) is 0 Å². The van der Waals surface area contributed by atoms with E-state index in [2.05, 4.69) is 0 Å². The highest BCUT2D eigenvalue weighted by Gasteiger charge is 2.37. The Morgan fingerprint density at radius 3 is 2.22 bits per heavy atom. The molecular weight excluding hydrogens is 259 g/mol. The number of hydrogen-bond donors (Lipinski definition) is 3. The fourth-order valence-electron chi connectivity index (χ4n) is 1.72. The van der Waals surface area contributed by atoms with Gasteiger partial charge in [-0.2, -0.15) is 0 Å². The summed E-state index contributed by atoms with van der Waals surface area (Å²) in [7, 11) is -3.54. The predicted molar refractivity (Wildman–Crippen MR) is 67.1 cm³/mol. The summed E-state index contributed by atoms with van der Waals surface area (Å²) in [5, 5.41) is 17.6. The van der Waals surface area contributed by atoms with Crippen LogP contribution in [0.1, 0.15) is 39.5 Å². The van der Waals surface area contributed by atoms with E-state index in [1.807, 2.05) is 6.92 Å². The van der Waals surface area contributed by atoms with Crippen molar-refractivity contribution >= 4 is 19.3 Å². The Hall–Kier alpha value is -0.870. The predicted octanol–water partition coefficient (Wildman–Crippen LogP) is 2.01. The second-order valence-corrected chi connectivity index (χ2v) is 7.22. The molecule has 3 N–H and O–H groups in total. The molecule has 0 aliphatic carbocycles. The van der Waals surface area contributed by atoms with Crippen molar-refractivity contribution in [2.75, 3.05) is 6.16 Å². The number of carboxylic acids is 2. The van der Waals surface area contributed by atoms with Crippen molar-refractivity contribution in [1.82, 2.24) is 0 Å². The molecule has 0 aliphatic rings. The average Bonchev–Trinajstić information content (AvgIpc) is 2.25. The minimum absolute atomic E-state index is 0.0848. The van der Waals surface area contributed by atoms with Crippen molar-refractivity contribution in [3.8, 4) is 0 Å². The molecule has 0 radical (unpaired) electrons. The number of rotatable bonds is 9. The fraction of sp³-hybridized carbons (Fsp3) is 0.818. The maximum atomic E-state index is 12.0. The molecule has 0 aliphatic heterocycles. The first-order chi connectivity index (χ1) is 8.22. The zero-order valence-electron chi connectivity index (χ0n) is 10.7. The summed E-state index contributed by atoms with van der Waals surface area (Å²) in [6.07, 6.45) is 0.965. The van der Waals surface area contributed by atoms with Gasteiger partial charge in [0.25, 0.3) is 0 Å². The van der Waals surface area contributed by atoms with Gasteiger partial charge in [0.1, 0.15) is 0 Å².